The fourth-order valence-electron chi connectivity index (χ4n) is 2.73. The second-order valence-electron chi connectivity index (χ2n) is 5.19. The number of rotatable bonds is 1. The molecule has 0 radical (unpaired) electrons. The Kier molecular flexibility index (Phi) is 2.90. The SMILES string of the molecule is CC1(c2cc3c(cc2F)OCCCO3)CCCN1. The highest BCUT2D eigenvalue weighted by Crippen LogP contribution is 2.39. The third kappa shape index (κ3) is 1.94. The van der Waals surface area contributed by atoms with Crippen molar-refractivity contribution in [1.82, 2.24) is 5.32 Å². The van der Waals surface area contributed by atoms with Crippen molar-refractivity contribution in [3.63, 3.8) is 0 Å². The monoisotopic (exact) mass is 251 g/mol. The Labute approximate surface area is 106 Å². The summed E-state index contributed by atoms with van der Waals surface area (Å²) in [5.41, 5.74) is 0.402. The van der Waals surface area contributed by atoms with E-state index in [-0.39, 0.29) is 11.4 Å². The molecule has 2 aliphatic rings. The third-order valence-electron chi connectivity index (χ3n) is 3.80. The van der Waals surface area contributed by atoms with Crippen LogP contribution in [0.3, 0.4) is 0 Å². The molecule has 1 fully saturated rings. The van der Waals surface area contributed by atoms with Gasteiger partial charge in [0, 0.05) is 23.6 Å². The van der Waals surface area contributed by atoms with Crippen molar-refractivity contribution in [2.45, 2.75) is 31.7 Å². The molecule has 0 bridgehead atoms. The molecule has 0 aromatic heterocycles. The van der Waals surface area contributed by atoms with E-state index in [1.54, 1.807) is 6.07 Å². The summed E-state index contributed by atoms with van der Waals surface area (Å²) in [6.07, 6.45) is 2.86. The molecule has 1 aromatic rings. The predicted octanol–water partition coefficient (Wildman–Crippen LogP) is 2.59. The Hall–Kier alpha value is -1.29. The Morgan fingerprint density at radius 1 is 1.17 bits per heavy atom. The zero-order valence-corrected chi connectivity index (χ0v) is 10.6. The van der Waals surface area contributed by atoms with E-state index >= 15 is 0 Å². The van der Waals surface area contributed by atoms with Crippen LogP contribution >= 0.6 is 0 Å². The summed E-state index contributed by atoms with van der Waals surface area (Å²) >= 11 is 0. The van der Waals surface area contributed by atoms with E-state index in [0.717, 1.165) is 25.8 Å². The molecule has 3 rings (SSSR count). The first kappa shape index (κ1) is 11.8. The minimum atomic E-state index is -0.283. The van der Waals surface area contributed by atoms with Gasteiger partial charge in [-0.1, -0.05) is 0 Å². The first-order chi connectivity index (χ1) is 8.69. The van der Waals surface area contributed by atoms with Gasteiger partial charge in [-0.3, -0.25) is 0 Å². The molecule has 1 unspecified atom stereocenters. The van der Waals surface area contributed by atoms with Crippen LogP contribution in [0.4, 0.5) is 4.39 Å². The Morgan fingerprint density at radius 3 is 2.56 bits per heavy atom. The fraction of sp³-hybridized carbons (Fsp3) is 0.571. The van der Waals surface area contributed by atoms with Crippen molar-refractivity contribution >= 4 is 0 Å². The molecule has 1 saturated heterocycles. The molecule has 18 heavy (non-hydrogen) atoms. The van der Waals surface area contributed by atoms with Gasteiger partial charge in [-0.25, -0.2) is 4.39 Å². The van der Waals surface area contributed by atoms with Crippen LogP contribution in [0.2, 0.25) is 0 Å². The van der Waals surface area contributed by atoms with Crippen molar-refractivity contribution in [3.8, 4) is 11.5 Å². The highest BCUT2D eigenvalue weighted by Gasteiger charge is 2.33. The number of fused-ring (bicyclic) bond motifs is 1. The minimum Gasteiger partial charge on any atom is -0.490 e. The van der Waals surface area contributed by atoms with Crippen LogP contribution in [0, 0.1) is 5.82 Å². The lowest BCUT2D eigenvalue weighted by atomic mass is 9.90. The average Bonchev–Trinajstić information content (AvgIpc) is 2.66. The van der Waals surface area contributed by atoms with Crippen LogP contribution in [0.25, 0.3) is 0 Å². The number of hydrogen-bond acceptors (Lipinski definition) is 3. The largest absolute Gasteiger partial charge is 0.490 e. The molecule has 0 amide bonds. The van der Waals surface area contributed by atoms with Gasteiger partial charge in [-0.2, -0.15) is 0 Å². The van der Waals surface area contributed by atoms with Crippen LogP contribution < -0.4 is 14.8 Å². The van der Waals surface area contributed by atoms with Gasteiger partial charge in [0.1, 0.15) is 5.82 Å². The summed E-state index contributed by atoms with van der Waals surface area (Å²) in [7, 11) is 0. The van der Waals surface area contributed by atoms with Crippen molar-refractivity contribution in [2.24, 2.45) is 0 Å². The summed E-state index contributed by atoms with van der Waals surface area (Å²) < 4.78 is 25.4. The van der Waals surface area contributed by atoms with Gasteiger partial charge in [0.15, 0.2) is 11.5 Å². The normalized spacial score (nSPS) is 27.0. The van der Waals surface area contributed by atoms with Crippen molar-refractivity contribution in [1.29, 1.82) is 0 Å². The molecule has 1 atom stereocenters. The third-order valence-corrected chi connectivity index (χ3v) is 3.80. The Morgan fingerprint density at radius 2 is 1.89 bits per heavy atom. The van der Waals surface area contributed by atoms with Crippen LogP contribution in [0.5, 0.6) is 11.5 Å². The molecule has 2 heterocycles. The van der Waals surface area contributed by atoms with E-state index in [1.807, 2.05) is 6.92 Å². The Bertz CT molecular complexity index is 455. The molecule has 1 aromatic carbocycles. The lowest BCUT2D eigenvalue weighted by Crippen LogP contribution is -2.34. The van der Waals surface area contributed by atoms with Crippen molar-refractivity contribution in [3.05, 3.63) is 23.5 Å². The zero-order chi connectivity index (χ0) is 12.6. The van der Waals surface area contributed by atoms with Gasteiger partial charge in [0.2, 0.25) is 0 Å². The molecule has 2 aliphatic heterocycles. The molecule has 1 N–H and O–H groups in total. The summed E-state index contributed by atoms with van der Waals surface area (Å²) in [6.45, 7) is 4.19. The van der Waals surface area contributed by atoms with E-state index in [2.05, 4.69) is 5.32 Å². The van der Waals surface area contributed by atoms with Crippen molar-refractivity contribution in [2.75, 3.05) is 19.8 Å². The molecule has 3 nitrogen and oxygen atoms in total. The van der Waals surface area contributed by atoms with E-state index in [9.17, 15) is 4.39 Å². The van der Waals surface area contributed by atoms with Crippen LogP contribution in [0.15, 0.2) is 12.1 Å². The molecular weight excluding hydrogens is 233 g/mol. The average molecular weight is 251 g/mol. The summed E-state index contributed by atoms with van der Waals surface area (Å²) in [5, 5.41) is 3.38. The molecular formula is C14H18FNO2. The summed E-state index contributed by atoms with van der Waals surface area (Å²) in [5.74, 6) is 0.977. The molecule has 4 heteroatoms. The standard InChI is InChI=1S/C14H18FNO2/c1-14(4-2-5-16-14)10-8-12-13(9-11(10)15)18-7-3-6-17-12/h8-9,16H,2-7H2,1H3. The second-order valence-corrected chi connectivity index (χ2v) is 5.19. The molecule has 0 saturated carbocycles. The number of nitrogens with one attached hydrogen (secondary N) is 1. The first-order valence-electron chi connectivity index (χ1n) is 6.54. The molecule has 0 aliphatic carbocycles. The minimum absolute atomic E-state index is 0.212. The lowest BCUT2D eigenvalue weighted by Gasteiger charge is -2.26. The maximum atomic E-state index is 14.2. The van der Waals surface area contributed by atoms with Gasteiger partial charge in [-0.05, 0) is 32.4 Å². The maximum Gasteiger partial charge on any atom is 0.164 e. The second kappa shape index (κ2) is 4.43. The maximum absolute atomic E-state index is 14.2. The van der Waals surface area contributed by atoms with E-state index < -0.39 is 0 Å². The summed E-state index contributed by atoms with van der Waals surface area (Å²) in [6, 6.07) is 3.26. The van der Waals surface area contributed by atoms with Gasteiger partial charge in [0.05, 0.1) is 13.2 Å². The number of halogens is 1. The van der Waals surface area contributed by atoms with Crippen molar-refractivity contribution < 1.29 is 13.9 Å². The van der Waals surface area contributed by atoms with Gasteiger partial charge >= 0.3 is 0 Å². The van der Waals surface area contributed by atoms with Crippen LogP contribution in [0.1, 0.15) is 31.7 Å². The van der Waals surface area contributed by atoms with E-state index in [1.165, 1.54) is 6.07 Å². The van der Waals surface area contributed by atoms with Crippen LogP contribution in [-0.2, 0) is 5.54 Å². The first-order valence-corrected chi connectivity index (χ1v) is 6.54. The zero-order valence-electron chi connectivity index (χ0n) is 10.6. The Balaban J connectivity index is 2.02. The highest BCUT2D eigenvalue weighted by molar-refractivity contribution is 5.46. The smallest absolute Gasteiger partial charge is 0.164 e. The quantitative estimate of drug-likeness (QED) is 0.832. The van der Waals surface area contributed by atoms with Gasteiger partial charge < -0.3 is 14.8 Å². The highest BCUT2D eigenvalue weighted by atomic mass is 19.1. The molecule has 98 valence electrons. The van der Waals surface area contributed by atoms with E-state index in [0.29, 0.717) is 30.3 Å². The number of hydrogen-bond donors (Lipinski definition) is 1. The van der Waals surface area contributed by atoms with E-state index in [4.69, 9.17) is 9.47 Å². The molecule has 0 spiro atoms. The lowest BCUT2D eigenvalue weighted by molar-refractivity contribution is 0.296. The van der Waals surface area contributed by atoms with Gasteiger partial charge in [0.25, 0.3) is 0 Å². The fourth-order valence-corrected chi connectivity index (χ4v) is 2.73. The van der Waals surface area contributed by atoms with Crippen LogP contribution in [-0.4, -0.2) is 19.8 Å². The topological polar surface area (TPSA) is 30.5 Å². The predicted molar refractivity (Wildman–Crippen MR) is 66.6 cm³/mol. The number of benzene rings is 1. The number of ether oxygens (including phenoxy) is 2. The summed E-state index contributed by atoms with van der Waals surface area (Å²) in [4.78, 5) is 0. The van der Waals surface area contributed by atoms with Gasteiger partial charge in [-0.15, -0.1) is 0 Å².